The molecule has 202 valence electrons. The van der Waals surface area contributed by atoms with Crippen LogP contribution in [-0.2, 0) is 39.9 Å². The van der Waals surface area contributed by atoms with Crippen molar-refractivity contribution in [3.63, 3.8) is 0 Å². The summed E-state index contributed by atoms with van der Waals surface area (Å²) in [5, 5.41) is 2.79. The van der Waals surface area contributed by atoms with Gasteiger partial charge in [-0.2, -0.15) is 0 Å². The summed E-state index contributed by atoms with van der Waals surface area (Å²) in [4.78, 5) is 38.0. The highest BCUT2D eigenvalue weighted by Crippen LogP contribution is 2.25. The Morgan fingerprint density at radius 1 is 0.789 bits per heavy atom. The van der Waals surface area contributed by atoms with Gasteiger partial charge in [-0.15, -0.1) is 0 Å². The highest BCUT2D eigenvalue weighted by atomic mass is 16.5. The van der Waals surface area contributed by atoms with E-state index in [1.54, 1.807) is 4.90 Å². The van der Waals surface area contributed by atoms with Gasteiger partial charge in [0.05, 0.1) is 65.4 Å². The Morgan fingerprint density at radius 2 is 1.39 bits per heavy atom. The number of hydrogen-bond acceptors (Lipinski definition) is 7. The van der Waals surface area contributed by atoms with Gasteiger partial charge in [-0.3, -0.25) is 14.4 Å². The molecule has 1 heterocycles. The molecule has 3 rings (SSSR count). The van der Waals surface area contributed by atoms with E-state index in [-0.39, 0.29) is 50.2 Å². The second kappa shape index (κ2) is 16.2. The molecule has 2 aromatic carbocycles. The number of nitrogens with zero attached hydrogens (tertiary/aromatic N) is 1. The number of nitrogens with one attached hydrogen (secondary N) is 1. The van der Waals surface area contributed by atoms with Crippen molar-refractivity contribution in [1.82, 2.24) is 5.32 Å². The first kappa shape index (κ1) is 28.9. The van der Waals surface area contributed by atoms with E-state index in [0.29, 0.717) is 39.6 Å². The SMILES string of the molecule is COC(=O)CCOCCOCCOCCC(=O)NCCC(=O)N1Cc2ccccc2C#Cc2ccccc21. The number of ether oxygens (including phenoxy) is 4. The van der Waals surface area contributed by atoms with Crippen molar-refractivity contribution in [2.24, 2.45) is 0 Å². The average molecular weight is 523 g/mol. The smallest absolute Gasteiger partial charge is 0.307 e. The number of methoxy groups -OCH3 is 1. The maximum absolute atomic E-state index is 13.2. The number of fused-ring (bicyclic) bond motifs is 2. The predicted octanol–water partition coefficient (Wildman–Crippen LogP) is 2.44. The van der Waals surface area contributed by atoms with Gasteiger partial charge in [0.25, 0.3) is 0 Å². The molecule has 0 bridgehead atoms. The number of anilines is 1. The van der Waals surface area contributed by atoms with E-state index >= 15 is 0 Å². The molecule has 9 heteroatoms. The van der Waals surface area contributed by atoms with Crippen LogP contribution in [0.3, 0.4) is 0 Å². The van der Waals surface area contributed by atoms with Gasteiger partial charge in [-0.1, -0.05) is 42.2 Å². The Kier molecular flexibility index (Phi) is 12.3. The van der Waals surface area contributed by atoms with Crippen LogP contribution in [0.1, 0.15) is 36.0 Å². The number of hydrogen-bond donors (Lipinski definition) is 1. The van der Waals surface area contributed by atoms with E-state index in [4.69, 9.17) is 14.2 Å². The maximum Gasteiger partial charge on any atom is 0.307 e. The largest absolute Gasteiger partial charge is 0.469 e. The molecule has 0 unspecified atom stereocenters. The minimum Gasteiger partial charge on any atom is -0.469 e. The third kappa shape index (κ3) is 9.63. The van der Waals surface area contributed by atoms with E-state index in [9.17, 15) is 14.4 Å². The minimum absolute atomic E-state index is 0.0843. The number of benzene rings is 2. The van der Waals surface area contributed by atoms with Crippen LogP contribution in [0.25, 0.3) is 0 Å². The van der Waals surface area contributed by atoms with Crippen LogP contribution >= 0.6 is 0 Å². The van der Waals surface area contributed by atoms with Crippen molar-refractivity contribution >= 4 is 23.5 Å². The second-order valence-electron chi connectivity index (χ2n) is 8.42. The first-order chi connectivity index (χ1) is 18.6. The zero-order valence-corrected chi connectivity index (χ0v) is 21.7. The normalized spacial score (nSPS) is 11.8. The highest BCUT2D eigenvalue weighted by Gasteiger charge is 2.21. The molecule has 1 aliphatic heterocycles. The lowest BCUT2D eigenvalue weighted by Crippen LogP contribution is -2.35. The maximum atomic E-state index is 13.2. The summed E-state index contributed by atoms with van der Waals surface area (Å²) >= 11 is 0. The highest BCUT2D eigenvalue weighted by molar-refractivity contribution is 5.95. The van der Waals surface area contributed by atoms with Crippen LogP contribution in [0.15, 0.2) is 48.5 Å². The molecule has 2 aromatic rings. The number of rotatable bonds is 15. The number of para-hydroxylation sites is 1. The molecule has 0 saturated carbocycles. The van der Waals surface area contributed by atoms with Crippen LogP contribution in [-0.4, -0.2) is 71.1 Å². The van der Waals surface area contributed by atoms with Crippen molar-refractivity contribution in [1.29, 1.82) is 0 Å². The molecule has 1 aliphatic rings. The van der Waals surface area contributed by atoms with Crippen LogP contribution in [0.5, 0.6) is 0 Å². The number of amides is 2. The molecule has 0 fully saturated rings. The molecule has 0 radical (unpaired) electrons. The first-order valence-corrected chi connectivity index (χ1v) is 12.6. The lowest BCUT2D eigenvalue weighted by Gasteiger charge is -2.26. The zero-order valence-electron chi connectivity index (χ0n) is 21.7. The summed E-state index contributed by atoms with van der Waals surface area (Å²) in [7, 11) is 1.34. The van der Waals surface area contributed by atoms with Gasteiger partial charge < -0.3 is 29.2 Å². The van der Waals surface area contributed by atoms with Crippen molar-refractivity contribution < 1.29 is 33.3 Å². The molecule has 0 spiro atoms. The monoisotopic (exact) mass is 522 g/mol. The second-order valence-corrected chi connectivity index (χ2v) is 8.42. The number of carbonyl (C=O) groups excluding carboxylic acids is 3. The summed E-state index contributed by atoms with van der Waals surface area (Å²) in [6, 6.07) is 15.4. The minimum atomic E-state index is -0.310. The number of esters is 1. The van der Waals surface area contributed by atoms with Gasteiger partial charge in [-0.25, -0.2) is 0 Å². The van der Waals surface area contributed by atoms with E-state index in [0.717, 1.165) is 22.4 Å². The van der Waals surface area contributed by atoms with Crippen molar-refractivity contribution in [3.05, 3.63) is 65.2 Å². The molecule has 9 nitrogen and oxygen atoms in total. The third-order valence-electron chi connectivity index (χ3n) is 5.73. The van der Waals surface area contributed by atoms with E-state index in [1.807, 2.05) is 48.5 Å². The molecule has 0 atom stereocenters. The predicted molar refractivity (Wildman–Crippen MR) is 141 cm³/mol. The van der Waals surface area contributed by atoms with Crippen molar-refractivity contribution in [3.8, 4) is 11.8 Å². The lowest BCUT2D eigenvalue weighted by atomic mass is 10.0. The summed E-state index contributed by atoms with van der Waals surface area (Å²) in [6.45, 7) is 2.70. The standard InChI is InChI=1S/C29H34N2O7/c1-35-29(34)14-17-37-19-21-38-20-18-36-16-13-27(32)30-15-12-28(33)31-22-25-8-3-2-6-23(25)10-11-24-7-4-5-9-26(24)31/h2-9H,12-22H2,1H3,(H,30,32). The van der Waals surface area contributed by atoms with Gasteiger partial charge in [0.1, 0.15) is 0 Å². The first-order valence-electron chi connectivity index (χ1n) is 12.6. The summed E-state index contributed by atoms with van der Waals surface area (Å²) in [5.41, 5.74) is 3.46. The molecule has 0 saturated heterocycles. The van der Waals surface area contributed by atoms with Crippen LogP contribution in [0.4, 0.5) is 5.69 Å². The van der Waals surface area contributed by atoms with E-state index < -0.39 is 0 Å². The Morgan fingerprint density at radius 3 is 2.13 bits per heavy atom. The summed E-state index contributed by atoms with van der Waals surface area (Å²) < 4.78 is 20.6. The van der Waals surface area contributed by atoms with Crippen molar-refractivity contribution in [2.75, 3.05) is 58.2 Å². The number of carbonyl (C=O) groups is 3. The molecule has 0 aromatic heterocycles. The van der Waals surface area contributed by atoms with Gasteiger partial charge in [0.2, 0.25) is 11.8 Å². The topological polar surface area (TPSA) is 103 Å². The van der Waals surface area contributed by atoms with E-state index in [2.05, 4.69) is 21.9 Å². The van der Waals surface area contributed by atoms with E-state index in [1.165, 1.54) is 7.11 Å². The molecular formula is C29H34N2O7. The summed E-state index contributed by atoms with van der Waals surface area (Å²) in [6.07, 6.45) is 0.582. The Balaban J connectivity index is 1.31. The Hall–Kier alpha value is -3.71. The Labute approximate surface area is 223 Å². The fraction of sp³-hybridized carbons (Fsp3) is 0.414. The van der Waals surface area contributed by atoms with Crippen LogP contribution < -0.4 is 10.2 Å². The molecular weight excluding hydrogens is 488 g/mol. The van der Waals surface area contributed by atoms with Crippen LogP contribution in [0, 0.1) is 11.8 Å². The van der Waals surface area contributed by atoms with Gasteiger partial charge in [0.15, 0.2) is 0 Å². The lowest BCUT2D eigenvalue weighted by molar-refractivity contribution is -0.142. The fourth-order valence-corrected chi connectivity index (χ4v) is 3.70. The molecule has 38 heavy (non-hydrogen) atoms. The molecule has 2 amide bonds. The molecule has 1 N–H and O–H groups in total. The molecule has 0 aliphatic carbocycles. The van der Waals surface area contributed by atoms with Gasteiger partial charge >= 0.3 is 5.97 Å². The summed E-state index contributed by atoms with van der Waals surface area (Å²) in [5.74, 6) is 5.81. The third-order valence-corrected chi connectivity index (χ3v) is 5.73. The Bertz CT molecular complexity index is 1140. The zero-order chi connectivity index (χ0) is 27.0. The van der Waals surface area contributed by atoms with Gasteiger partial charge in [0, 0.05) is 30.5 Å². The van der Waals surface area contributed by atoms with Crippen molar-refractivity contribution in [2.45, 2.75) is 25.8 Å². The van der Waals surface area contributed by atoms with Gasteiger partial charge in [-0.05, 0) is 23.8 Å². The fourth-order valence-electron chi connectivity index (χ4n) is 3.70. The van der Waals surface area contributed by atoms with Crippen LogP contribution in [0.2, 0.25) is 0 Å². The average Bonchev–Trinajstić information content (AvgIpc) is 2.92. The quantitative estimate of drug-likeness (QED) is 0.218.